The van der Waals surface area contributed by atoms with Gasteiger partial charge in [0.1, 0.15) is 6.10 Å². The molecule has 3 aliphatic rings. The molecule has 1 aromatic carbocycles. The van der Waals surface area contributed by atoms with Crippen LogP contribution in [0.25, 0.3) is 0 Å². The highest BCUT2D eigenvalue weighted by molar-refractivity contribution is 5.63. The predicted molar refractivity (Wildman–Crippen MR) is 140 cm³/mol. The van der Waals surface area contributed by atoms with Crippen molar-refractivity contribution in [2.75, 3.05) is 57.3 Å². The minimum atomic E-state index is -0.0297. The average Bonchev–Trinajstić information content (AvgIpc) is 2.87. The predicted octanol–water partition coefficient (Wildman–Crippen LogP) is 5.46. The van der Waals surface area contributed by atoms with Crippen molar-refractivity contribution >= 4 is 12.1 Å². The molecule has 4 rings (SSSR count). The number of amides is 1. The summed E-state index contributed by atoms with van der Waals surface area (Å²) in [6, 6.07) is 6.90. The molecule has 5 nitrogen and oxygen atoms in total. The molecule has 2 heterocycles. The van der Waals surface area contributed by atoms with Gasteiger partial charge in [-0.05, 0) is 61.5 Å². The fraction of sp³-hybridized carbons (Fsp3) is 0.759. The Labute approximate surface area is 207 Å². The highest BCUT2D eigenvalue weighted by Crippen LogP contribution is 2.47. The number of para-hydroxylation sites is 1. The van der Waals surface area contributed by atoms with Crippen LogP contribution < -0.4 is 4.90 Å². The molecule has 1 aliphatic carbocycles. The summed E-state index contributed by atoms with van der Waals surface area (Å²) in [7, 11) is 0. The monoisotopic (exact) mass is 469 g/mol. The number of hydrogen-bond acceptors (Lipinski definition) is 4. The number of rotatable bonds is 7. The topological polar surface area (TPSA) is 36.0 Å². The first kappa shape index (κ1) is 25.5. The van der Waals surface area contributed by atoms with Gasteiger partial charge in [-0.25, -0.2) is 0 Å². The standard InChI is InChI=1S/C29H47N3O2/c1-5-6-14-30-15-17-32(18-16-30)28-25(23-10-12-24(13-11-23)29(2,3)4)8-7-9-26(28)27-21-31(22-33)19-20-34-27/h7-9,22-24,27H,5-6,10-21H2,1-4H3. The molecular formula is C29H47N3O2. The van der Waals surface area contributed by atoms with Gasteiger partial charge >= 0.3 is 0 Å². The molecule has 1 atom stereocenters. The molecule has 34 heavy (non-hydrogen) atoms. The maximum atomic E-state index is 11.5. The Kier molecular flexibility index (Phi) is 8.57. The molecule has 0 N–H and O–H groups in total. The maximum absolute atomic E-state index is 11.5. The number of benzene rings is 1. The lowest BCUT2D eigenvalue weighted by molar-refractivity contribution is -0.125. The van der Waals surface area contributed by atoms with Crippen LogP contribution in [-0.2, 0) is 9.53 Å². The molecule has 2 saturated heterocycles. The normalized spacial score (nSPS) is 27.1. The highest BCUT2D eigenvalue weighted by Gasteiger charge is 2.34. The van der Waals surface area contributed by atoms with Crippen LogP contribution in [0, 0.1) is 11.3 Å². The van der Waals surface area contributed by atoms with Crippen LogP contribution in [0.15, 0.2) is 18.2 Å². The van der Waals surface area contributed by atoms with E-state index in [0.717, 1.165) is 38.5 Å². The Bertz CT molecular complexity index is 789. The van der Waals surface area contributed by atoms with Crippen molar-refractivity contribution in [3.05, 3.63) is 29.3 Å². The first-order chi connectivity index (χ1) is 16.4. The second-order valence-electron chi connectivity index (χ2n) is 11.8. The molecule has 0 spiro atoms. The lowest BCUT2D eigenvalue weighted by Crippen LogP contribution is -2.47. The number of anilines is 1. The zero-order valence-corrected chi connectivity index (χ0v) is 22.1. The third-order valence-electron chi connectivity index (χ3n) is 8.60. The van der Waals surface area contributed by atoms with Crippen LogP contribution in [0.4, 0.5) is 5.69 Å². The van der Waals surface area contributed by atoms with E-state index in [0.29, 0.717) is 31.0 Å². The zero-order valence-electron chi connectivity index (χ0n) is 22.1. The lowest BCUT2D eigenvalue weighted by atomic mass is 9.68. The number of unbranched alkanes of at least 4 members (excludes halogenated alkanes) is 1. The minimum Gasteiger partial charge on any atom is -0.370 e. The lowest BCUT2D eigenvalue weighted by Gasteiger charge is -2.42. The quantitative estimate of drug-likeness (QED) is 0.497. The van der Waals surface area contributed by atoms with Crippen LogP contribution in [0.3, 0.4) is 0 Å². The molecule has 0 radical (unpaired) electrons. The number of ether oxygens (including phenoxy) is 1. The molecule has 1 aromatic rings. The Hall–Kier alpha value is -1.59. The van der Waals surface area contributed by atoms with Crippen molar-refractivity contribution in [3.63, 3.8) is 0 Å². The summed E-state index contributed by atoms with van der Waals surface area (Å²) >= 11 is 0. The van der Waals surface area contributed by atoms with Crippen molar-refractivity contribution in [1.82, 2.24) is 9.80 Å². The summed E-state index contributed by atoms with van der Waals surface area (Å²) in [5.74, 6) is 1.44. The smallest absolute Gasteiger partial charge is 0.209 e. The second kappa shape index (κ2) is 11.4. The van der Waals surface area contributed by atoms with Crippen LogP contribution in [0.1, 0.15) is 89.4 Å². The highest BCUT2D eigenvalue weighted by atomic mass is 16.5. The molecule has 1 amide bonds. The van der Waals surface area contributed by atoms with Gasteiger partial charge in [0, 0.05) is 44.0 Å². The van der Waals surface area contributed by atoms with Gasteiger partial charge in [0.25, 0.3) is 0 Å². The van der Waals surface area contributed by atoms with E-state index in [2.05, 4.69) is 55.7 Å². The van der Waals surface area contributed by atoms with Crippen molar-refractivity contribution in [1.29, 1.82) is 0 Å². The van der Waals surface area contributed by atoms with E-state index < -0.39 is 0 Å². The summed E-state index contributed by atoms with van der Waals surface area (Å²) in [5.41, 5.74) is 4.65. The molecule has 1 unspecified atom stereocenters. The first-order valence-corrected chi connectivity index (χ1v) is 13.8. The molecule has 1 saturated carbocycles. The van der Waals surface area contributed by atoms with Gasteiger partial charge in [0.05, 0.1) is 13.2 Å². The van der Waals surface area contributed by atoms with Gasteiger partial charge in [-0.15, -0.1) is 0 Å². The van der Waals surface area contributed by atoms with Gasteiger partial charge in [-0.2, -0.15) is 0 Å². The Morgan fingerprint density at radius 2 is 1.71 bits per heavy atom. The number of morpholine rings is 1. The summed E-state index contributed by atoms with van der Waals surface area (Å²) in [6.07, 6.45) is 8.70. The maximum Gasteiger partial charge on any atom is 0.209 e. The van der Waals surface area contributed by atoms with E-state index in [1.54, 1.807) is 0 Å². The number of hydrogen-bond donors (Lipinski definition) is 0. The van der Waals surface area contributed by atoms with Crippen molar-refractivity contribution < 1.29 is 9.53 Å². The Balaban J connectivity index is 1.59. The van der Waals surface area contributed by atoms with E-state index in [9.17, 15) is 4.79 Å². The molecule has 0 aromatic heterocycles. The fourth-order valence-corrected chi connectivity index (χ4v) is 6.33. The fourth-order valence-electron chi connectivity index (χ4n) is 6.33. The molecule has 5 heteroatoms. The van der Waals surface area contributed by atoms with E-state index in [4.69, 9.17) is 4.74 Å². The molecule has 190 valence electrons. The van der Waals surface area contributed by atoms with Crippen LogP contribution in [0.5, 0.6) is 0 Å². The summed E-state index contributed by atoms with van der Waals surface area (Å²) in [5, 5.41) is 0. The van der Waals surface area contributed by atoms with Crippen LogP contribution in [0.2, 0.25) is 0 Å². The first-order valence-electron chi connectivity index (χ1n) is 13.8. The van der Waals surface area contributed by atoms with E-state index in [1.807, 2.05) is 4.90 Å². The SMILES string of the molecule is CCCCN1CCN(c2c(C3CCC(C(C)(C)C)CC3)cccc2C2CN(C=O)CCO2)CC1. The molecular weight excluding hydrogens is 422 g/mol. The number of nitrogens with zero attached hydrogens (tertiary/aromatic N) is 3. The van der Waals surface area contributed by atoms with Gasteiger partial charge in [0.15, 0.2) is 0 Å². The van der Waals surface area contributed by atoms with Crippen LogP contribution in [-0.4, -0.2) is 68.6 Å². The van der Waals surface area contributed by atoms with Crippen molar-refractivity contribution in [2.24, 2.45) is 11.3 Å². The van der Waals surface area contributed by atoms with Crippen molar-refractivity contribution in [3.8, 4) is 0 Å². The van der Waals surface area contributed by atoms with Gasteiger partial charge < -0.3 is 14.5 Å². The number of carbonyl (C=O) groups excluding carboxylic acids is 1. The summed E-state index contributed by atoms with van der Waals surface area (Å²) in [4.78, 5) is 18.7. The van der Waals surface area contributed by atoms with E-state index >= 15 is 0 Å². The van der Waals surface area contributed by atoms with Crippen molar-refractivity contribution in [2.45, 2.75) is 78.2 Å². The third-order valence-corrected chi connectivity index (χ3v) is 8.60. The second-order valence-corrected chi connectivity index (χ2v) is 11.8. The average molecular weight is 470 g/mol. The van der Waals surface area contributed by atoms with E-state index in [-0.39, 0.29) is 6.10 Å². The third kappa shape index (κ3) is 5.96. The van der Waals surface area contributed by atoms with Gasteiger partial charge in [-0.1, -0.05) is 52.3 Å². The summed E-state index contributed by atoms with van der Waals surface area (Å²) in [6.45, 7) is 17.1. The van der Waals surface area contributed by atoms with Gasteiger partial charge in [0.2, 0.25) is 6.41 Å². The zero-order chi connectivity index (χ0) is 24.1. The minimum absolute atomic E-state index is 0.0297. The Morgan fingerprint density at radius 1 is 1.00 bits per heavy atom. The molecule has 2 aliphatic heterocycles. The number of piperazine rings is 1. The summed E-state index contributed by atoms with van der Waals surface area (Å²) < 4.78 is 6.27. The Morgan fingerprint density at radius 3 is 2.35 bits per heavy atom. The molecule has 0 bridgehead atoms. The van der Waals surface area contributed by atoms with E-state index in [1.165, 1.54) is 61.9 Å². The largest absolute Gasteiger partial charge is 0.370 e. The van der Waals surface area contributed by atoms with Gasteiger partial charge in [-0.3, -0.25) is 9.69 Å². The van der Waals surface area contributed by atoms with Crippen LogP contribution >= 0.6 is 0 Å². The number of carbonyl (C=O) groups is 1. The molecule has 3 fully saturated rings.